The molecular weight excluding hydrogens is 416 g/mol. The standard InChI is InChI=1S/C25H28N6O2/c26-15-17-4-6-21-20(13-17)18(16-28-21)3-1-2-8-30-9-11-31(12-10-30)19-5-7-23-22(14-19)29-25(33-23)24(27)32/h4-7,13-14,16,25,28-29H,1-3,8-12H2,(H2,27,32). The second kappa shape index (κ2) is 9.04. The number of rotatable bonds is 7. The van der Waals surface area contributed by atoms with Crippen LogP contribution in [0.5, 0.6) is 5.75 Å². The molecule has 1 saturated heterocycles. The number of anilines is 2. The Morgan fingerprint density at radius 1 is 1.15 bits per heavy atom. The lowest BCUT2D eigenvalue weighted by Crippen LogP contribution is -2.46. The first kappa shape index (κ1) is 21.2. The molecule has 0 bridgehead atoms. The summed E-state index contributed by atoms with van der Waals surface area (Å²) in [6.45, 7) is 5.10. The fraction of sp³-hybridized carbons (Fsp3) is 0.360. The number of hydrogen-bond donors (Lipinski definition) is 3. The van der Waals surface area contributed by atoms with Crippen molar-refractivity contribution >= 4 is 28.2 Å². The maximum absolute atomic E-state index is 11.4. The van der Waals surface area contributed by atoms with Gasteiger partial charge in [-0.15, -0.1) is 0 Å². The Bertz CT molecular complexity index is 1210. The Morgan fingerprint density at radius 3 is 2.79 bits per heavy atom. The van der Waals surface area contributed by atoms with E-state index in [4.69, 9.17) is 15.7 Å². The number of carbonyl (C=O) groups excluding carboxylic acids is 1. The van der Waals surface area contributed by atoms with E-state index in [1.54, 1.807) is 0 Å². The number of primary amides is 1. The minimum absolute atomic E-state index is 0.516. The van der Waals surface area contributed by atoms with E-state index in [1.165, 1.54) is 10.9 Å². The van der Waals surface area contributed by atoms with Gasteiger partial charge < -0.3 is 25.7 Å². The molecular formula is C25H28N6O2. The molecule has 0 saturated carbocycles. The summed E-state index contributed by atoms with van der Waals surface area (Å²) in [7, 11) is 0. The number of amides is 1. The number of aromatic amines is 1. The van der Waals surface area contributed by atoms with E-state index in [0.717, 1.165) is 68.9 Å². The number of aromatic nitrogens is 1. The molecule has 1 fully saturated rings. The van der Waals surface area contributed by atoms with Gasteiger partial charge in [0.05, 0.1) is 17.3 Å². The molecule has 0 aliphatic carbocycles. The first-order valence-electron chi connectivity index (χ1n) is 11.4. The van der Waals surface area contributed by atoms with Gasteiger partial charge in [-0.1, -0.05) is 0 Å². The van der Waals surface area contributed by atoms with Crippen LogP contribution < -0.4 is 20.7 Å². The average Bonchev–Trinajstić information content (AvgIpc) is 3.45. The molecule has 4 N–H and O–H groups in total. The highest BCUT2D eigenvalue weighted by molar-refractivity contribution is 5.85. The number of hydrogen-bond acceptors (Lipinski definition) is 6. The van der Waals surface area contributed by atoms with Gasteiger partial charge >= 0.3 is 0 Å². The number of unbranched alkanes of at least 4 members (excludes halogenated alkanes) is 1. The lowest BCUT2D eigenvalue weighted by molar-refractivity contribution is -0.123. The zero-order valence-electron chi connectivity index (χ0n) is 18.5. The van der Waals surface area contributed by atoms with Gasteiger partial charge in [0.1, 0.15) is 5.75 Å². The van der Waals surface area contributed by atoms with Gasteiger partial charge in [-0.3, -0.25) is 9.69 Å². The van der Waals surface area contributed by atoms with Crippen LogP contribution in [0, 0.1) is 11.3 Å². The molecule has 2 aromatic carbocycles. The second-order valence-corrected chi connectivity index (χ2v) is 8.70. The normalized spacial score (nSPS) is 17.9. The van der Waals surface area contributed by atoms with E-state index in [-0.39, 0.29) is 0 Å². The van der Waals surface area contributed by atoms with Gasteiger partial charge in [0.25, 0.3) is 5.91 Å². The zero-order valence-corrected chi connectivity index (χ0v) is 18.5. The molecule has 5 rings (SSSR count). The Labute approximate surface area is 192 Å². The molecule has 2 aliphatic heterocycles. The van der Waals surface area contributed by atoms with E-state index >= 15 is 0 Å². The number of nitrogens with two attached hydrogens (primary N) is 1. The predicted octanol–water partition coefficient (Wildman–Crippen LogP) is 2.80. The highest BCUT2D eigenvalue weighted by Gasteiger charge is 2.27. The van der Waals surface area contributed by atoms with Crippen molar-refractivity contribution in [3.05, 3.63) is 53.7 Å². The van der Waals surface area contributed by atoms with Gasteiger partial charge in [-0.25, -0.2) is 0 Å². The monoisotopic (exact) mass is 444 g/mol. The lowest BCUT2D eigenvalue weighted by atomic mass is 10.1. The predicted molar refractivity (Wildman–Crippen MR) is 128 cm³/mol. The summed E-state index contributed by atoms with van der Waals surface area (Å²) in [6, 6.07) is 14.0. The number of fused-ring (bicyclic) bond motifs is 2. The smallest absolute Gasteiger partial charge is 0.279 e. The molecule has 8 nitrogen and oxygen atoms in total. The average molecular weight is 445 g/mol. The molecule has 3 aromatic rings. The van der Waals surface area contributed by atoms with E-state index in [2.05, 4.69) is 32.4 Å². The summed E-state index contributed by atoms with van der Waals surface area (Å²) < 4.78 is 5.52. The number of H-pyrrole nitrogens is 1. The summed E-state index contributed by atoms with van der Waals surface area (Å²) in [4.78, 5) is 19.6. The zero-order chi connectivity index (χ0) is 22.8. The van der Waals surface area contributed by atoms with Crippen molar-refractivity contribution in [2.45, 2.75) is 25.5 Å². The third-order valence-electron chi connectivity index (χ3n) is 6.56. The molecule has 8 heteroatoms. The number of carbonyl (C=O) groups is 1. The fourth-order valence-electron chi connectivity index (χ4n) is 4.69. The molecule has 2 aliphatic rings. The number of nitriles is 1. The van der Waals surface area contributed by atoms with Gasteiger partial charge in [0.2, 0.25) is 6.23 Å². The van der Waals surface area contributed by atoms with Gasteiger partial charge in [-0.2, -0.15) is 5.26 Å². The highest BCUT2D eigenvalue weighted by atomic mass is 16.5. The van der Waals surface area contributed by atoms with Crippen LogP contribution in [0.25, 0.3) is 10.9 Å². The van der Waals surface area contributed by atoms with E-state index < -0.39 is 12.1 Å². The first-order chi connectivity index (χ1) is 16.1. The fourth-order valence-corrected chi connectivity index (χ4v) is 4.69. The SMILES string of the molecule is N#Cc1ccc2[nH]cc(CCCCN3CCN(c4ccc5c(c4)NC(C(N)=O)O5)CC3)c2c1. The van der Waals surface area contributed by atoms with Crippen molar-refractivity contribution < 1.29 is 9.53 Å². The molecule has 33 heavy (non-hydrogen) atoms. The van der Waals surface area contributed by atoms with Crippen molar-refractivity contribution in [2.75, 3.05) is 42.9 Å². The number of nitrogens with one attached hydrogen (secondary N) is 2. The van der Waals surface area contributed by atoms with Crippen LogP contribution in [0.4, 0.5) is 11.4 Å². The van der Waals surface area contributed by atoms with Crippen molar-refractivity contribution in [3.8, 4) is 11.8 Å². The van der Waals surface area contributed by atoms with Crippen LogP contribution in [0.3, 0.4) is 0 Å². The van der Waals surface area contributed by atoms with Crippen molar-refractivity contribution in [2.24, 2.45) is 5.73 Å². The maximum Gasteiger partial charge on any atom is 0.279 e. The highest BCUT2D eigenvalue weighted by Crippen LogP contribution is 2.35. The van der Waals surface area contributed by atoms with Crippen LogP contribution >= 0.6 is 0 Å². The third kappa shape index (κ3) is 4.45. The van der Waals surface area contributed by atoms with Crippen molar-refractivity contribution in [1.29, 1.82) is 5.26 Å². The van der Waals surface area contributed by atoms with Gasteiger partial charge in [0.15, 0.2) is 0 Å². The number of piperazine rings is 1. The Kier molecular flexibility index (Phi) is 5.80. The van der Waals surface area contributed by atoms with Crippen LogP contribution in [-0.2, 0) is 11.2 Å². The Hall–Kier alpha value is -3.70. The minimum atomic E-state index is -0.787. The Morgan fingerprint density at radius 2 is 2.00 bits per heavy atom. The van der Waals surface area contributed by atoms with Crippen LogP contribution in [-0.4, -0.2) is 54.7 Å². The summed E-state index contributed by atoms with van der Waals surface area (Å²) in [5.41, 5.74) is 10.4. The summed E-state index contributed by atoms with van der Waals surface area (Å²) >= 11 is 0. The van der Waals surface area contributed by atoms with E-state index in [0.29, 0.717) is 11.3 Å². The van der Waals surface area contributed by atoms with Gasteiger partial charge in [-0.05, 0) is 67.8 Å². The van der Waals surface area contributed by atoms with Crippen LogP contribution in [0.15, 0.2) is 42.6 Å². The molecule has 1 unspecified atom stereocenters. The summed E-state index contributed by atoms with van der Waals surface area (Å²) in [5, 5.41) is 13.4. The summed E-state index contributed by atoms with van der Waals surface area (Å²) in [6.07, 6.45) is 4.59. The first-order valence-corrected chi connectivity index (χ1v) is 11.4. The molecule has 1 atom stereocenters. The van der Waals surface area contributed by atoms with Crippen LogP contribution in [0.2, 0.25) is 0 Å². The Balaban J connectivity index is 1.08. The number of aryl methyl sites for hydroxylation is 1. The molecule has 170 valence electrons. The van der Waals surface area contributed by atoms with E-state index in [1.807, 2.05) is 36.4 Å². The maximum atomic E-state index is 11.4. The number of ether oxygens (including phenoxy) is 1. The molecule has 3 heterocycles. The largest absolute Gasteiger partial charge is 0.459 e. The molecule has 1 aromatic heterocycles. The molecule has 1 amide bonds. The van der Waals surface area contributed by atoms with Crippen molar-refractivity contribution in [1.82, 2.24) is 9.88 Å². The number of benzene rings is 2. The number of nitrogens with zero attached hydrogens (tertiary/aromatic N) is 3. The quantitative estimate of drug-likeness (QED) is 0.484. The molecule has 0 radical (unpaired) electrons. The summed E-state index contributed by atoms with van der Waals surface area (Å²) in [5.74, 6) is 0.151. The van der Waals surface area contributed by atoms with Gasteiger partial charge in [0, 0.05) is 49.0 Å². The lowest BCUT2D eigenvalue weighted by Gasteiger charge is -2.36. The van der Waals surface area contributed by atoms with E-state index in [9.17, 15) is 4.79 Å². The van der Waals surface area contributed by atoms with Crippen molar-refractivity contribution in [3.63, 3.8) is 0 Å². The topological polar surface area (TPSA) is 110 Å². The third-order valence-corrected chi connectivity index (χ3v) is 6.56. The van der Waals surface area contributed by atoms with Crippen LogP contribution in [0.1, 0.15) is 24.0 Å². The molecule has 0 spiro atoms. The minimum Gasteiger partial charge on any atom is -0.459 e. The second-order valence-electron chi connectivity index (χ2n) is 8.70.